The molecule has 0 saturated carbocycles. The van der Waals surface area contributed by atoms with Gasteiger partial charge in [-0.25, -0.2) is 4.98 Å². The van der Waals surface area contributed by atoms with Crippen LogP contribution < -0.4 is 24.3 Å². The molecule has 1 N–H and O–H groups in total. The van der Waals surface area contributed by atoms with Gasteiger partial charge in [0.2, 0.25) is 11.7 Å². The molecule has 1 aromatic carbocycles. The molecule has 0 atom stereocenters. The van der Waals surface area contributed by atoms with Gasteiger partial charge in [-0.05, 0) is 53.9 Å². The van der Waals surface area contributed by atoms with E-state index in [2.05, 4.69) is 15.3 Å². The second-order valence-electron chi connectivity index (χ2n) is 6.58. The number of aromatic nitrogens is 2. The van der Waals surface area contributed by atoms with Gasteiger partial charge < -0.3 is 24.3 Å². The minimum atomic E-state index is -0.179. The number of nitrogens with one attached hydrogen (secondary N) is 1. The average molecular weight is 423 g/mol. The molecule has 8 nitrogen and oxygen atoms in total. The molecule has 3 aromatic rings. The Morgan fingerprint density at radius 2 is 1.61 bits per heavy atom. The molecule has 8 heteroatoms. The molecule has 2 aromatic heterocycles. The summed E-state index contributed by atoms with van der Waals surface area (Å²) in [5.74, 6) is 2.32. The monoisotopic (exact) mass is 423 g/mol. The summed E-state index contributed by atoms with van der Waals surface area (Å²) < 4.78 is 21.9. The lowest BCUT2D eigenvalue weighted by molar-refractivity contribution is -0.116. The minimum absolute atomic E-state index is 0.179. The Labute approximate surface area is 181 Å². The Balaban J connectivity index is 1.63. The predicted molar refractivity (Wildman–Crippen MR) is 116 cm³/mol. The molecule has 0 aliphatic rings. The molecule has 2 heterocycles. The second kappa shape index (κ2) is 10.8. The lowest BCUT2D eigenvalue weighted by Crippen LogP contribution is -2.14. The number of carbonyl (C=O) groups is 1. The van der Waals surface area contributed by atoms with Gasteiger partial charge >= 0.3 is 0 Å². The molecule has 31 heavy (non-hydrogen) atoms. The summed E-state index contributed by atoms with van der Waals surface area (Å²) in [4.78, 5) is 20.8. The summed E-state index contributed by atoms with van der Waals surface area (Å²) >= 11 is 0. The maximum absolute atomic E-state index is 12.5. The first kappa shape index (κ1) is 21.9. The van der Waals surface area contributed by atoms with E-state index in [4.69, 9.17) is 18.9 Å². The number of amides is 1. The van der Waals surface area contributed by atoms with E-state index < -0.39 is 0 Å². The first-order chi connectivity index (χ1) is 15.1. The van der Waals surface area contributed by atoms with Crippen molar-refractivity contribution < 1.29 is 23.7 Å². The van der Waals surface area contributed by atoms with Crippen LogP contribution in [0, 0.1) is 0 Å². The van der Waals surface area contributed by atoms with Crippen molar-refractivity contribution in [3.05, 3.63) is 66.1 Å². The summed E-state index contributed by atoms with van der Waals surface area (Å²) in [6, 6.07) is 10.9. The van der Waals surface area contributed by atoms with Crippen LogP contribution in [0.25, 0.3) is 0 Å². The van der Waals surface area contributed by atoms with Crippen molar-refractivity contribution in [3.8, 4) is 23.0 Å². The zero-order chi connectivity index (χ0) is 22.1. The Kier molecular flexibility index (Phi) is 7.64. The molecule has 0 aliphatic carbocycles. The minimum Gasteiger partial charge on any atom is -0.493 e. The number of benzene rings is 1. The molecular weight excluding hydrogens is 398 g/mol. The van der Waals surface area contributed by atoms with E-state index in [0.29, 0.717) is 41.8 Å². The van der Waals surface area contributed by atoms with Crippen LogP contribution >= 0.6 is 0 Å². The first-order valence-electron chi connectivity index (χ1n) is 9.70. The van der Waals surface area contributed by atoms with E-state index in [1.165, 1.54) is 0 Å². The van der Waals surface area contributed by atoms with Gasteiger partial charge in [-0.15, -0.1) is 0 Å². The fourth-order valence-electron chi connectivity index (χ4n) is 2.97. The lowest BCUT2D eigenvalue weighted by Gasteiger charge is -2.14. The largest absolute Gasteiger partial charge is 0.493 e. The van der Waals surface area contributed by atoms with E-state index in [9.17, 15) is 4.79 Å². The third-order valence-corrected chi connectivity index (χ3v) is 4.54. The number of methoxy groups -OCH3 is 3. The van der Waals surface area contributed by atoms with Crippen molar-refractivity contribution in [2.45, 2.75) is 19.4 Å². The fraction of sp³-hybridized carbons (Fsp3) is 0.261. The number of ether oxygens (including phenoxy) is 4. The molecular formula is C23H25N3O5. The maximum atomic E-state index is 12.5. The van der Waals surface area contributed by atoms with Gasteiger partial charge in [0.15, 0.2) is 23.1 Å². The number of pyridine rings is 2. The SMILES string of the molecule is COc1cc(CCC(=O)Nc2ncccc2OCc2ccncc2)cc(OC)c1OC. The van der Waals surface area contributed by atoms with Crippen LogP contribution in [-0.4, -0.2) is 37.2 Å². The van der Waals surface area contributed by atoms with Crippen LogP contribution in [0.15, 0.2) is 55.0 Å². The highest BCUT2D eigenvalue weighted by molar-refractivity contribution is 5.91. The number of hydrogen-bond acceptors (Lipinski definition) is 7. The second-order valence-corrected chi connectivity index (χ2v) is 6.58. The molecule has 0 spiro atoms. The Morgan fingerprint density at radius 1 is 0.903 bits per heavy atom. The molecule has 1 amide bonds. The summed E-state index contributed by atoms with van der Waals surface area (Å²) in [6.45, 7) is 0.350. The van der Waals surface area contributed by atoms with Crippen LogP contribution in [0.5, 0.6) is 23.0 Å². The fourth-order valence-corrected chi connectivity index (χ4v) is 2.97. The summed E-state index contributed by atoms with van der Waals surface area (Å²) in [6.07, 6.45) is 5.75. The van der Waals surface area contributed by atoms with E-state index >= 15 is 0 Å². The third kappa shape index (κ3) is 5.85. The number of hydrogen-bond donors (Lipinski definition) is 1. The highest BCUT2D eigenvalue weighted by Crippen LogP contribution is 2.38. The molecule has 0 fully saturated rings. The maximum Gasteiger partial charge on any atom is 0.225 e. The average Bonchev–Trinajstić information content (AvgIpc) is 2.82. The summed E-state index contributed by atoms with van der Waals surface area (Å²) in [5.41, 5.74) is 1.86. The number of aryl methyl sites for hydroxylation is 1. The number of nitrogens with zero attached hydrogens (tertiary/aromatic N) is 2. The van der Waals surface area contributed by atoms with Crippen molar-refractivity contribution in [1.82, 2.24) is 9.97 Å². The quantitative estimate of drug-likeness (QED) is 0.532. The molecule has 0 radical (unpaired) electrons. The molecule has 0 unspecified atom stereocenters. The number of rotatable bonds is 10. The zero-order valence-electron chi connectivity index (χ0n) is 17.8. The molecule has 0 bridgehead atoms. The van der Waals surface area contributed by atoms with Crippen molar-refractivity contribution in [3.63, 3.8) is 0 Å². The van der Waals surface area contributed by atoms with Gasteiger partial charge in [-0.3, -0.25) is 9.78 Å². The number of anilines is 1. The van der Waals surface area contributed by atoms with Crippen molar-refractivity contribution >= 4 is 11.7 Å². The van der Waals surface area contributed by atoms with Gasteiger partial charge in [0.05, 0.1) is 21.3 Å². The predicted octanol–water partition coefficient (Wildman–Crippen LogP) is 3.65. The smallest absolute Gasteiger partial charge is 0.225 e. The first-order valence-corrected chi connectivity index (χ1v) is 9.70. The molecule has 3 rings (SSSR count). The number of carbonyl (C=O) groups excluding carboxylic acids is 1. The lowest BCUT2D eigenvalue weighted by atomic mass is 10.1. The van der Waals surface area contributed by atoms with Crippen LogP contribution in [0.4, 0.5) is 5.82 Å². The van der Waals surface area contributed by atoms with Crippen molar-refractivity contribution in [2.24, 2.45) is 0 Å². The topological polar surface area (TPSA) is 91.8 Å². The van der Waals surface area contributed by atoms with Crippen LogP contribution in [0.2, 0.25) is 0 Å². The molecule has 0 aliphatic heterocycles. The van der Waals surface area contributed by atoms with Crippen LogP contribution in [0.1, 0.15) is 17.5 Å². The zero-order valence-corrected chi connectivity index (χ0v) is 17.8. The Bertz CT molecular complexity index is 986. The van der Waals surface area contributed by atoms with Gasteiger partial charge in [0.1, 0.15) is 6.61 Å². The highest BCUT2D eigenvalue weighted by Gasteiger charge is 2.15. The Morgan fingerprint density at radius 3 is 2.26 bits per heavy atom. The van der Waals surface area contributed by atoms with E-state index in [1.54, 1.807) is 52.1 Å². The van der Waals surface area contributed by atoms with Crippen LogP contribution in [-0.2, 0) is 17.8 Å². The Hall–Kier alpha value is -3.81. The van der Waals surface area contributed by atoms with Crippen molar-refractivity contribution in [2.75, 3.05) is 26.6 Å². The van der Waals surface area contributed by atoms with Gasteiger partial charge in [0, 0.05) is 25.0 Å². The normalized spacial score (nSPS) is 10.3. The van der Waals surface area contributed by atoms with Crippen molar-refractivity contribution in [1.29, 1.82) is 0 Å². The highest BCUT2D eigenvalue weighted by atomic mass is 16.5. The van der Waals surface area contributed by atoms with Gasteiger partial charge in [-0.2, -0.15) is 0 Å². The van der Waals surface area contributed by atoms with E-state index in [1.807, 2.05) is 24.3 Å². The van der Waals surface area contributed by atoms with Crippen LogP contribution in [0.3, 0.4) is 0 Å². The van der Waals surface area contributed by atoms with E-state index in [-0.39, 0.29) is 12.3 Å². The molecule has 0 saturated heterocycles. The standard InChI is InChI=1S/C23H25N3O5/c1-28-19-13-17(14-20(29-2)22(19)30-3)6-7-21(27)26-23-18(5-4-10-25-23)31-15-16-8-11-24-12-9-16/h4-5,8-14H,6-7,15H2,1-3H3,(H,25,26,27). The summed E-state index contributed by atoms with van der Waals surface area (Å²) in [7, 11) is 4.67. The molecule has 162 valence electrons. The van der Waals surface area contributed by atoms with Gasteiger partial charge in [-0.1, -0.05) is 0 Å². The van der Waals surface area contributed by atoms with E-state index in [0.717, 1.165) is 11.1 Å². The van der Waals surface area contributed by atoms with Gasteiger partial charge in [0.25, 0.3) is 0 Å². The third-order valence-electron chi connectivity index (χ3n) is 4.54. The summed E-state index contributed by atoms with van der Waals surface area (Å²) in [5, 5.41) is 2.82.